The molecule has 0 saturated heterocycles. The van der Waals surface area contributed by atoms with Crippen LogP contribution in [0.15, 0.2) is 24.3 Å². The zero-order valence-corrected chi connectivity index (χ0v) is 11.8. The second kappa shape index (κ2) is 7.91. The van der Waals surface area contributed by atoms with Gasteiger partial charge in [0.1, 0.15) is 0 Å². The van der Waals surface area contributed by atoms with Crippen LogP contribution in [0.4, 0.5) is 0 Å². The summed E-state index contributed by atoms with van der Waals surface area (Å²) in [5.74, 6) is 0.139. The Balaban J connectivity index is 2.37. The number of carbonyl (C=O) groups is 1. The normalized spacial score (nSPS) is 10.7. The number of aryl methyl sites for hydroxylation is 2. The number of hydrogen-bond donors (Lipinski definition) is 1. The quantitative estimate of drug-likeness (QED) is 0.785. The molecule has 0 aliphatic heterocycles. The predicted molar refractivity (Wildman–Crippen MR) is 76.7 cm³/mol. The molecule has 0 saturated carbocycles. The van der Waals surface area contributed by atoms with Crippen LogP contribution in [0.25, 0.3) is 0 Å². The summed E-state index contributed by atoms with van der Waals surface area (Å²) in [4.78, 5) is 11.5. The summed E-state index contributed by atoms with van der Waals surface area (Å²) in [6.07, 6.45) is 5.04. The van der Waals surface area contributed by atoms with Crippen molar-refractivity contribution in [3.05, 3.63) is 35.4 Å². The smallest absolute Gasteiger partial charge is 0.220 e. The van der Waals surface area contributed by atoms with Crippen LogP contribution >= 0.6 is 0 Å². The van der Waals surface area contributed by atoms with Crippen molar-refractivity contribution in [3.63, 3.8) is 0 Å². The van der Waals surface area contributed by atoms with Crippen molar-refractivity contribution >= 4 is 5.91 Å². The van der Waals surface area contributed by atoms with Crippen LogP contribution in [0.1, 0.15) is 51.2 Å². The second-order valence-corrected chi connectivity index (χ2v) is 5.14. The molecule has 2 nitrogen and oxygen atoms in total. The molecule has 18 heavy (non-hydrogen) atoms. The van der Waals surface area contributed by atoms with Crippen LogP contribution in [-0.2, 0) is 17.6 Å². The van der Waals surface area contributed by atoms with Gasteiger partial charge in [-0.25, -0.2) is 0 Å². The van der Waals surface area contributed by atoms with E-state index in [9.17, 15) is 4.79 Å². The van der Waals surface area contributed by atoms with Gasteiger partial charge >= 0.3 is 0 Å². The average molecular weight is 247 g/mol. The number of benzene rings is 1. The first-order chi connectivity index (χ1) is 8.61. The van der Waals surface area contributed by atoms with E-state index < -0.39 is 0 Å². The summed E-state index contributed by atoms with van der Waals surface area (Å²) in [5, 5.41) is 2.91. The number of hydrogen-bond acceptors (Lipinski definition) is 1. The molecule has 0 aromatic heterocycles. The van der Waals surface area contributed by atoms with Gasteiger partial charge in [0.15, 0.2) is 0 Å². The highest BCUT2D eigenvalue weighted by molar-refractivity contribution is 5.76. The predicted octanol–water partition coefficient (Wildman–Crippen LogP) is 3.49. The molecule has 0 unspecified atom stereocenters. The van der Waals surface area contributed by atoms with Crippen molar-refractivity contribution < 1.29 is 4.79 Å². The first-order valence-corrected chi connectivity index (χ1v) is 6.99. The molecule has 0 radical (unpaired) electrons. The fourth-order valence-electron chi connectivity index (χ4n) is 1.91. The summed E-state index contributed by atoms with van der Waals surface area (Å²) in [6, 6.07) is 8.90. The Bertz CT molecular complexity index is 354. The molecule has 2 heteroatoms. The summed E-state index contributed by atoms with van der Waals surface area (Å²) < 4.78 is 0. The Morgan fingerprint density at radius 2 is 1.67 bits per heavy atom. The fraction of sp³-hybridized carbons (Fsp3) is 0.562. The van der Waals surface area contributed by atoms with Gasteiger partial charge < -0.3 is 5.32 Å². The highest BCUT2D eigenvalue weighted by Gasteiger charge is 2.03. The minimum Gasteiger partial charge on any atom is -0.354 e. The Hall–Kier alpha value is -1.31. The first-order valence-electron chi connectivity index (χ1n) is 6.99. The van der Waals surface area contributed by atoms with E-state index in [1.807, 2.05) is 13.8 Å². The number of nitrogens with one attached hydrogen (secondary N) is 1. The van der Waals surface area contributed by atoms with Gasteiger partial charge in [0, 0.05) is 12.5 Å². The summed E-state index contributed by atoms with van der Waals surface area (Å²) in [6.45, 7) is 6.18. The van der Waals surface area contributed by atoms with E-state index in [0.29, 0.717) is 6.42 Å². The lowest BCUT2D eigenvalue weighted by Gasteiger charge is -2.08. The molecule has 1 amide bonds. The molecule has 0 heterocycles. The second-order valence-electron chi connectivity index (χ2n) is 5.14. The SMILES string of the molecule is CCCCc1ccc(CCC(=O)NC(C)C)cc1. The van der Waals surface area contributed by atoms with Gasteiger partial charge in [0.2, 0.25) is 5.91 Å². The summed E-state index contributed by atoms with van der Waals surface area (Å²) in [5.41, 5.74) is 2.64. The number of carbonyl (C=O) groups excluding carboxylic acids is 1. The lowest BCUT2D eigenvalue weighted by molar-refractivity contribution is -0.121. The molecule has 1 N–H and O–H groups in total. The van der Waals surface area contributed by atoms with Crippen LogP contribution in [0, 0.1) is 0 Å². The van der Waals surface area contributed by atoms with Crippen molar-refractivity contribution in [2.75, 3.05) is 0 Å². The zero-order valence-electron chi connectivity index (χ0n) is 11.8. The Morgan fingerprint density at radius 3 is 2.17 bits per heavy atom. The molecule has 1 rings (SSSR count). The summed E-state index contributed by atoms with van der Waals surface area (Å²) >= 11 is 0. The maximum absolute atomic E-state index is 11.5. The van der Waals surface area contributed by atoms with Crippen LogP contribution in [0.3, 0.4) is 0 Å². The molecular weight excluding hydrogens is 222 g/mol. The highest BCUT2D eigenvalue weighted by Crippen LogP contribution is 2.09. The van der Waals surface area contributed by atoms with Crippen molar-refractivity contribution in [2.24, 2.45) is 0 Å². The standard InChI is InChI=1S/C16H25NO/c1-4-5-6-14-7-9-15(10-8-14)11-12-16(18)17-13(2)3/h7-10,13H,4-6,11-12H2,1-3H3,(H,17,18). The third kappa shape index (κ3) is 5.85. The average Bonchev–Trinajstić information content (AvgIpc) is 2.34. The first kappa shape index (κ1) is 14.7. The van der Waals surface area contributed by atoms with E-state index >= 15 is 0 Å². The van der Waals surface area contributed by atoms with E-state index in [1.165, 1.54) is 24.0 Å². The number of rotatable bonds is 7. The minimum atomic E-state index is 0.139. The number of amides is 1. The molecule has 0 aliphatic carbocycles. The Kier molecular flexibility index (Phi) is 6.48. The molecule has 1 aromatic rings. The van der Waals surface area contributed by atoms with E-state index in [4.69, 9.17) is 0 Å². The van der Waals surface area contributed by atoms with Crippen LogP contribution < -0.4 is 5.32 Å². The van der Waals surface area contributed by atoms with Crippen molar-refractivity contribution in [3.8, 4) is 0 Å². The molecular formula is C16H25NO. The Morgan fingerprint density at radius 1 is 1.11 bits per heavy atom. The summed E-state index contributed by atoms with van der Waals surface area (Å²) in [7, 11) is 0. The fourth-order valence-corrected chi connectivity index (χ4v) is 1.91. The lowest BCUT2D eigenvalue weighted by Crippen LogP contribution is -2.30. The van der Waals surface area contributed by atoms with E-state index in [2.05, 4.69) is 36.5 Å². The molecule has 0 bridgehead atoms. The van der Waals surface area contributed by atoms with E-state index in [1.54, 1.807) is 0 Å². The Labute approximate surface area is 111 Å². The maximum atomic E-state index is 11.5. The van der Waals surface area contributed by atoms with E-state index in [-0.39, 0.29) is 11.9 Å². The van der Waals surface area contributed by atoms with Gasteiger partial charge in [-0.1, -0.05) is 37.6 Å². The van der Waals surface area contributed by atoms with Gasteiger partial charge in [0.25, 0.3) is 0 Å². The van der Waals surface area contributed by atoms with Gasteiger partial charge in [-0.2, -0.15) is 0 Å². The molecule has 0 atom stereocenters. The molecule has 0 aliphatic rings. The topological polar surface area (TPSA) is 29.1 Å². The monoisotopic (exact) mass is 247 g/mol. The largest absolute Gasteiger partial charge is 0.354 e. The minimum absolute atomic E-state index is 0.139. The van der Waals surface area contributed by atoms with Gasteiger partial charge in [-0.05, 0) is 44.2 Å². The molecule has 1 aromatic carbocycles. The van der Waals surface area contributed by atoms with Crippen LogP contribution in [0.5, 0.6) is 0 Å². The number of unbranched alkanes of at least 4 members (excludes halogenated alkanes) is 1. The van der Waals surface area contributed by atoms with Crippen molar-refractivity contribution in [2.45, 2.75) is 58.9 Å². The maximum Gasteiger partial charge on any atom is 0.220 e. The van der Waals surface area contributed by atoms with Crippen LogP contribution in [-0.4, -0.2) is 11.9 Å². The van der Waals surface area contributed by atoms with Crippen LogP contribution in [0.2, 0.25) is 0 Å². The lowest BCUT2D eigenvalue weighted by atomic mass is 10.0. The molecule has 0 fully saturated rings. The highest BCUT2D eigenvalue weighted by atomic mass is 16.1. The van der Waals surface area contributed by atoms with Gasteiger partial charge in [0.05, 0.1) is 0 Å². The molecule has 100 valence electrons. The van der Waals surface area contributed by atoms with Crippen molar-refractivity contribution in [1.82, 2.24) is 5.32 Å². The zero-order chi connectivity index (χ0) is 13.4. The van der Waals surface area contributed by atoms with Gasteiger partial charge in [-0.3, -0.25) is 4.79 Å². The third-order valence-corrected chi connectivity index (χ3v) is 2.93. The van der Waals surface area contributed by atoms with Crippen molar-refractivity contribution in [1.29, 1.82) is 0 Å². The van der Waals surface area contributed by atoms with Gasteiger partial charge in [-0.15, -0.1) is 0 Å². The van der Waals surface area contributed by atoms with E-state index in [0.717, 1.165) is 12.8 Å². The third-order valence-electron chi connectivity index (χ3n) is 2.93. The molecule has 0 spiro atoms.